The lowest BCUT2D eigenvalue weighted by atomic mass is 9.82. The molecule has 17 heavy (non-hydrogen) atoms. The van der Waals surface area contributed by atoms with Gasteiger partial charge in [0.05, 0.1) is 0 Å². The molecule has 2 aromatic rings. The molecule has 86 valence electrons. The summed E-state index contributed by atoms with van der Waals surface area (Å²) in [6.07, 6.45) is 0. The van der Waals surface area contributed by atoms with Crippen LogP contribution in [0, 0.1) is 6.92 Å². The molecule has 2 aromatic carbocycles. The maximum Gasteiger partial charge on any atom is 0.0317 e. The van der Waals surface area contributed by atoms with E-state index < -0.39 is 0 Å². The van der Waals surface area contributed by atoms with Crippen LogP contribution < -0.4 is 5.73 Å². The zero-order chi connectivity index (χ0) is 12.2. The fourth-order valence-electron chi connectivity index (χ4n) is 2.87. The number of hydrogen-bond acceptors (Lipinski definition) is 1. The van der Waals surface area contributed by atoms with Crippen molar-refractivity contribution in [2.45, 2.75) is 26.2 Å². The summed E-state index contributed by atoms with van der Waals surface area (Å²) in [5.74, 6) is 0. The third-order valence-corrected chi connectivity index (χ3v) is 3.86. The Kier molecular flexibility index (Phi) is 1.91. The van der Waals surface area contributed by atoms with Crippen molar-refractivity contribution in [2.75, 3.05) is 5.73 Å². The summed E-state index contributed by atoms with van der Waals surface area (Å²) < 4.78 is 0. The predicted octanol–water partition coefficient (Wildman–Crippen LogP) is 3.88. The lowest BCUT2D eigenvalue weighted by Crippen LogP contribution is -2.15. The normalized spacial score (nSPS) is 15.5. The molecule has 0 amide bonds. The first-order valence-corrected chi connectivity index (χ1v) is 6.01. The molecule has 0 bridgehead atoms. The molecule has 3 rings (SSSR count). The van der Waals surface area contributed by atoms with Crippen LogP contribution in [0.1, 0.15) is 30.5 Å². The predicted molar refractivity (Wildman–Crippen MR) is 73.2 cm³/mol. The second kappa shape index (κ2) is 3.13. The van der Waals surface area contributed by atoms with Gasteiger partial charge in [-0.3, -0.25) is 0 Å². The fraction of sp³-hybridized carbons (Fsp3) is 0.250. The monoisotopic (exact) mass is 223 g/mol. The van der Waals surface area contributed by atoms with Crippen LogP contribution in [0.2, 0.25) is 0 Å². The van der Waals surface area contributed by atoms with E-state index in [2.05, 4.69) is 51.1 Å². The van der Waals surface area contributed by atoms with Crippen LogP contribution in [0.5, 0.6) is 0 Å². The third kappa shape index (κ3) is 1.32. The number of hydrogen-bond donors (Lipinski definition) is 1. The topological polar surface area (TPSA) is 26.0 Å². The highest BCUT2D eigenvalue weighted by molar-refractivity contribution is 5.82. The average Bonchev–Trinajstić information content (AvgIpc) is 2.49. The van der Waals surface area contributed by atoms with Crippen molar-refractivity contribution in [1.29, 1.82) is 0 Å². The molecule has 0 saturated carbocycles. The van der Waals surface area contributed by atoms with Gasteiger partial charge in [0, 0.05) is 11.1 Å². The number of nitrogens with two attached hydrogens (primary N) is 1. The first kappa shape index (κ1) is 10.4. The van der Waals surface area contributed by atoms with Crippen molar-refractivity contribution in [2.24, 2.45) is 0 Å². The molecular formula is C16H17N. The molecule has 0 fully saturated rings. The van der Waals surface area contributed by atoms with E-state index in [9.17, 15) is 0 Å². The SMILES string of the molecule is Cc1ccc2c(c1)C(C)(C)c1cc(N)ccc1-2. The minimum Gasteiger partial charge on any atom is -0.399 e. The van der Waals surface area contributed by atoms with Gasteiger partial charge < -0.3 is 5.73 Å². The van der Waals surface area contributed by atoms with E-state index in [-0.39, 0.29) is 5.41 Å². The van der Waals surface area contributed by atoms with Gasteiger partial charge in [0.1, 0.15) is 0 Å². The van der Waals surface area contributed by atoms with E-state index in [0.717, 1.165) is 5.69 Å². The molecule has 0 heterocycles. The van der Waals surface area contributed by atoms with Gasteiger partial charge in [-0.05, 0) is 41.3 Å². The van der Waals surface area contributed by atoms with Crippen LogP contribution in [0.4, 0.5) is 5.69 Å². The molecule has 2 N–H and O–H groups in total. The van der Waals surface area contributed by atoms with Crippen LogP contribution >= 0.6 is 0 Å². The van der Waals surface area contributed by atoms with Gasteiger partial charge in [-0.1, -0.05) is 43.7 Å². The summed E-state index contributed by atoms with van der Waals surface area (Å²) >= 11 is 0. The number of aryl methyl sites for hydroxylation is 1. The zero-order valence-electron chi connectivity index (χ0n) is 10.5. The van der Waals surface area contributed by atoms with Gasteiger partial charge in [-0.15, -0.1) is 0 Å². The lowest BCUT2D eigenvalue weighted by molar-refractivity contribution is 0.660. The second-order valence-corrected chi connectivity index (χ2v) is 5.48. The van der Waals surface area contributed by atoms with Gasteiger partial charge in [0.2, 0.25) is 0 Å². The Bertz CT molecular complexity index is 555. The summed E-state index contributed by atoms with van der Waals surface area (Å²) in [4.78, 5) is 0. The Morgan fingerprint density at radius 2 is 1.47 bits per heavy atom. The highest BCUT2D eigenvalue weighted by Crippen LogP contribution is 2.49. The molecule has 1 nitrogen and oxygen atoms in total. The lowest BCUT2D eigenvalue weighted by Gasteiger charge is -2.21. The van der Waals surface area contributed by atoms with Crippen LogP contribution in [0.15, 0.2) is 36.4 Å². The van der Waals surface area contributed by atoms with Crippen molar-refractivity contribution in [1.82, 2.24) is 0 Å². The number of anilines is 1. The Morgan fingerprint density at radius 3 is 2.18 bits per heavy atom. The van der Waals surface area contributed by atoms with Gasteiger partial charge in [-0.25, -0.2) is 0 Å². The van der Waals surface area contributed by atoms with E-state index in [1.165, 1.54) is 27.8 Å². The molecule has 1 aliphatic rings. The van der Waals surface area contributed by atoms with Gasteiger partial charge in [-0.2, -0.15) is 0 Å². The summed E-state index contributed by atoms with van der Waals surface area (Å²) in [6, 6.07) is 13.0. The van der Waals surface area contributed by atoms with E-state index in [0.29, 0.717) is 0 Å². The summed E-state index contributed by atoms with van der Waals surface area (Å²) in [7, 11) is 0. The number of nitrogen functional groups attached to an aromatic ring is 1. The van der Waals surface area contributed by atoms with Crippen molar-refractivity contribution < 1.29 is 0 Å². The summed E-state index contributed by atoms with van der Waals surface area (Å²) in [5.41, 5.74) is 13.6. The smallest absolute Gasteiger partial charge is 0.0317 e. The fourth-order valence-corrected chi connectivity index (χ4v) is 2.87. The van der Waals surface area contributed by atoms with Crippen molar-refractivity contribution in [3.05, 3.63) is 53.1 Å². The van der Waals surface area contributed by atoms with Crippen molar-refractivity contribution in [3.63, 3.8) is 0 Å². The molecule has 0 atom stereocenters. The van der Waals surface area contributed by atoms with Crippen LogP contribution in [-0.2, 0) is 5.41 Å². The molecule has 0 radical (unpaired) electrons. The van der Waals surface area contributed by atoms with E-state index in [1.807, 2.05) is 6.07 Å². The largest absolute Gasteiger partial charge is 0.399 e. The quantitative estimate of drug-likeness (QED) is 0.674. The van der Waals surface area contributed by atoms with Crippen molar-refractivity contribution >= 4 is 5.69 Å². The minimum atomic E-state index is 0.0616. The van der Waals surface area contributed by atoms with E-state index in [4.69, 9.17) is 5.73 Å². The number of benzene rings is 2. The number of fused-ring (bicyclic) bond motifs is 3. The first-order valence-electron chi connectivity index (χ1n) is 6.01. The second-order valence-electron chi connectivity index (χ2n) is 5.48. The van der Waals surface area contributed by atoms with E-state index >= 15 is 0 Å². The molecule has 0 saturated heterocycles. The van der Waals surface area contributed by atoms with Crippen LogP contribution in [0.25, 0.3) is 11.1 Å². The zero-order valence-corrected chi connectivity index (χ0v) is 10.5. The van der Waals surface area contributed by atoms with Gasteiger partial charge in [0.25, 0.3) is 0 Å². The number of rotatable bonds is 0. The molecule has 0 spiro atoms. The summed E-state index contributed by atoms with van der Waals surface area (Å²) in [6.45, 7) is 6.70. The highest BCUT2D eigenvalue weighted by Gasteiger charge is 2.35. The molecule has 0 unspecified atom stereocenters. The Hall–Kier alpha value is -1.76. The molecule has 1 aliphatic carbocycles. The Labute approximate surface area is 102 Å². The third-order valence-electron chi connectivity index (χ3n) is 3.86. The van der Waals surface area contributed by atoms with Crippen molar-refractivity contribution in [3.8, 4) is 11.1 Å². The molecule has 1 heteroatoms. The minimum absolute atomic E-state index is 0.0616. The Morgan fingerprint density at radius 1 is 0.882 bits per heavy atom. The molecule has 0 aliphatic heterocycles. The standard InChI is InChI=1S/C16H17N/c1-10-4-6-12-13-7-5-11(17)9-15(13)16(2,3)14(12)8-10/h4-9H,17H2,1-3H3. The van der Waals surface area contributed by atoms with E-state index in [1.54, 1.807) is 0 Å². The maximum atomic E-state index is 5.92. The molecular weight excluding hydrogens is 206 g/mol. The highest BCUT2D eigenvalue weighted by atomic mass is 14.5. The first-order chi connectivity index (χ1) is 8.00. The summed E-state index contributed by atoms with van der Waals surface area (Å²) in [5, 5.41) is 0. The van der Waals surface area contributed by atoms with Crippen LogP contribution in [-0.4, -0.2) is 0 Å². The van der Waals surface area contributed by atoms with Gasteiger partial charge >= 0.3 is 0 Å². The van der Waals surface area contributed by atoms with Gasteiger partial charge in [0.15, 0.2) is 0 Å². The maximum absolute atomic E-state index is 5.92. The Balaban J connectivity index is 2.37. The van der Waals surface area contributed by atoms with Crippen LogP contribution in [0.3, 0.4) is 0 Å². The molecule has 0 aromatic heterocycles. The average molecular weight is 223 g/mol.